The van der Waals surface area contributed by atoms with Crippen molar-refractivity contribution in [3.8, 4) is 0 Å². The van der Waals surface area contributed by atoms with Gasteiger partial charge in [0.25, 0.3) is 10.0 Å². The zero-order valence-electron chi connectivity index (χ0n) is 27.5. The van der Waals surface area contributed by atoms with Crippen molar-refractivity contribution in [2.45, 2.75) is 75.9 Å². The Morgan fingerprint density at radius 1 is 0.816 bits per heavy atom. The van der Waals surface area contributed by atoms with Crippen LogP contribution in [0.4, 0.5) is 5.69 Å². The first-order valence-electron chi connectivity index (χ1n) is 16.4. The fourth-order valence-corrected chi connectivity index (χ4v) is 8.08. The third kappa shape index (κ3) is 9.37. The van der Waals surface area contributed by atoms with Gasteiger partial charge in [-0.05, 0) is 97.5 Å². The van der Waals surface area contributed by atoms with Gasteiger partial charge >= 0.3 is 0 Å². The van der Waals surface area contributed by atoms with Crippen molar-refractivity contribution in [1.82, 2.24) is 10.2 Å². The Morgan fingerprint density at radius 3 is 2.14 bits per heavy atom. The molecule has 1 N–H and O–H groups in total. The largest absolute Gasteiger partial charge is 0.352 e. The van der Waals surface area contributed by atoms with Crippen molar-refractivity contribution in [3.63, 3.8) is 0 Å². The predicted molar refractivity (Wildman–Crippen MR) is 198 cm³/mol. The summed E-state index contributed by atoms with van der Waals surface area (Å²) in [4.78, 5) is 30.5. The molecule has 0 aliphatic heterocycles. The average molecular weight is 741 g/mol. The first kappa shape index (κ1) is 36.7. The number of carbonyl (C=O) groups excluding carboxylic acids is 2. The molecular weight excluding hydrogens is 701 g/mol. The molecule has 0 bridgehead atoms. The Balaban J connectivity index is 1.59. The summed E-state index contributed by atoms with van der Waals surface area (Å²) < 4.78 is 29.7. The smallest absolute Gasteiger partial charge is 0.264 e. The number of sulfonamides is 1. The van der Waals surface area contributed by atoms with Crippen LogP contribution in [0.15, 0.2) is 95.9 Å². The zero-order chi connectivity index (χ0) is 35.1. The molecule has 0 unspecified atom stereocenters. The molecule has 1 aliphatic rings. The summed E-state index contributed by atoms with van der Waals surface area (Å²) in [7, 11) is -4.26. The molecule has 0 aromatic heterocycles. The Morgan fingerprint density at radius 2 is 1.49 bits per heavy atom. The number of aryl methyl sites for hydroxylation is 2. The van der Waals surface area contributed by atoms with Crippen molar-refractivity contribution in [2.24, 2.45) is 0 Å². The van der Waals surface area contributed by atoms with Gasteiger partial charge in [-0.1, -0.05) is 96.5 Å². The van der Waals surface area contributed by atoms with Gasteiger partial charge in [-0.15, -0.1) is 0 Å². The van der Waals surface area contributed by atoms with Crippen LogP contribution in [0.2, 0.25) is 15.1 Å². The molecule has 49 heavy (non-hydrogen) atoms. The topological polar surface area (TPSA) is 86.8 Å². The maximum absolute atomic E-state index is 14.8. The number of nitrogens with one attached hydrogen (secondary N) is 1. The number of hydrogen-bond acceptors (Lipinski definition) is 4. The number of carbonyl (C=O) groups is 2. The maximum atomic E-state index is 14.8. The van der Waals surface area contributed by atoms with E-state index < -0.39 is 28.5 Å². The molecule has 0 spiro atoms. The SMILES string of the molecule is Cc1ccc(N(CC(=O)N(Cc2ccc(Cl)cc2Cl)[C@H](Cc2ccccc2)C(=O)NC2CCCCC2)S(=O)(=O)c2ccc(Cl)cc2)cc1C. The molecule has 0 heterocycles. The van der Waals surface area contributed by atoms with E-state index >= 15 is 0 Å². The minimum atomic E-state index is -4.26. The van der Waals surface area contributed by atoms with Crippen LogP contribution >= 0.6 is 34.8 Å². The molecule has 5 rings (SSSR count). The number of hydrogen-bond donors (Lipinski definition) is 1. The van der Waals surface area contributed by atoms with E-state index in [1.54, 1.807) is 30.3 Å². The van der Waals surface area contributed by atoms with Gasteiger partial charge in [0, 0.05) is 34.1 Å². The van der Waals surface area contributed by atoms with Gasteiger partial charge in [0.1, 0.15) is 12.6 Å². The van der Waals surface area contributed by atoms with Crippen LogP contribution in [0.1, 0.15) is 54.4 Å². The number of rotatable bonds is 12. The summed E-state index contributed by atoms with van der Waals surface area (Å²) in [6, 6.07) is 24.5. The second-order valence-electron chi connectivity index (χ2n) is 12.5. The highest BCUT2D eigenvalue weighted by Crippen LogP contribution is 2.29. The molecule has 7 nitrogen and oxygen atoms in total. The zero-order valence-corrected chi connectivity index (χ0v) is 30.6. The van der Waals surface area contributed by atoms with E-state index in [4.69, 9.17) is 34.8 Å². The Kier molecular flexibility index (Phi) is 12.3. The van der Waals surface area contributed by atoms with Crippen LogP contribution in [0.25, 0.3) is 0 Å². The average Bonchev–Trinajstić information content (AvgIpc) is 3.08. The molecular formula is C38H40Cl3N3O4S. The van der Waals surface area contributed by atoms with Gasteiger partial charge in [-0.3, -0.25) is 13.9 Å². The molecule has 1 fully saturated rings. The lowest BCUT2D eigenvalue weighted by molar-refractivity contribution is -0.140. The highest BCUT2D eigenvalue weighted by atomic mass is 35.5. The molecule has 1 aliphatic carbocycles. The molecule has 11 heteroatoms. The lowest BCUT2D eigenvalue weighted by Gasteiger charge is -2.35. The number of anilines is 1. The van der Waals surface area contributed by atoms with Crippen LogP contribution in [0.3, 0.4) is 0 Å². The van der Waals surface area contributed by atoms with Crippen molar-refractivity contribution in [2.75, 3.05) is 10.8 Å². The van der Waals surface area contributed by atoms with Crippen LogP contribution in [0.5, 0.6) is 0 Å². The van der Waals surface area contributed by atoms with E-state index in [-0.39, 0.29) is 29.8 Å². The summed E-state index contributed by atoms with van der Waals surface area (Å²) in [6.07, 6.45) is 5.09. The van der Waals surface area contributed by atoms with E-state index in [1.807, 2.05) is 50.2 Å². The van der Waals surface area contributed by atoms with Crippen LogP contribution in [0, 0.1) is 13.8 Å². The lowest BCUT2D eigenvalue weighted by atomic mass is 9.94. The van der Waals surface area contributed by atoms with Crippen LogP contribution in [-0.4, -0.2) is 43.8 Å². The quantitative estimate of drug-likeness (QED) is 0.158. The van der Waals surface area contributed by atoms with Gasteiger partial charge in [-0.25, -0.2) is 8.42 Å². The van der Waals surface area contributed by atoms with Crippen molar-refractivity contribution in [1.29, 1.82) is 0 Å². The summed E-state index contributed by atoms with van der Waals surface area (Å²) in [5.41, 5.74) is 3.58. The second-order valence-corrected chi connectivity index (χ2v) is 15.7. The highest BCUT2D eigenvalue weighted by Gasteiger charge is 2.36. The summed E-state index contributed by atoms with van der Waals surface area (Å²) in [6.45, 7) is 3.19. The third-order valence-electron chi connectivity index (χ3n) is 9.04. The summed E-state index contributed by atoms with van der Waals surface area (Å²) in [5.74, 6) is -0.867. The number of amides is 2. The molecule has 0 radical (unpaired) electrons. The van der Waals surface area contributed by atoms with Gasteiger partial charge in [0.15, 0.2) is 0 Å². The predicted octanol–water partition coefficient (Wildman–Crippen LogP) is 8.55. The van der Waals surface area contributed by atoms with Crippen LogP contribution < -0.4 is 9.62 Å². The summed E-state index contributed by atoms with van der Waals surface area (Å²) in [5, 5.41) is 4.35. The minimum Gasteiger partial charge on any atom is -0.352 e. The molecule has 1 atom stereocenters. The van der Waals surface area contributed by atoms with Crippen molar-refractivity contribution >= 4 is 62.3 Å². The Labute approximate surface area is 304 Å². The minimum absolute atomic E-state index is 0.00657. The maximum Gasteiger partial charge on any atom is 0.264 e. The number of nitrogens with zero attached hydrogens (tertiary/aromatic N) is 2. The number of benzene rings is 4. The molecule has 4 aromatic rings. The van der Waals surface area contributed by atoms with Gasteiger partial charge in [-0.2, -0.15) is 0 Å². The van der Waals surface area contributed by atoms with E-state index in [0.29, 0.717) is 26.3 Å². The highest BCUT2D eigenvalue weighted by molar-refractivity contribution is 7.92. The van der Waals surface area contributed by atoms with E-state index in [9.17, 15) is 18.0 Å². The lowest BCUT2D eigenvalue weighted by Crippen LogP contribution is -2.55. The second kappa shape index (κ2) is 16.4. The standard InChI is InChI=1S/C38H40Cl3N3O4S/c1-26-13-18-33(21-27(26)2)44(49(47,48)34-19-16-30(39)17-20-34)25-37(45)43(24-29-14-15-31(40)23-35(29)41)36(22-28-9-5-3-6-10-28)38(46)42-32-11-7-4-8-12-32/h3,5-6,9-10,13-21,23,32,36H,4,7-8,11-12,22,24-25H2,1-2H3,(H,42,46)/t36-/m1/s1. The first-order valence-corrected chi connectivity index (χ1v) is 18.9. The monoisotopic (exact) mass is 739 g/mol. The molecule has 258 valence electrons. The Bertz CT molecular complexity index is 1880. The Hall–Kier alpha value is -3.56. The van der Waals surface area contributed by atoms with Gasteiger partial charge < -0.3 is 10.2 Å². The van der Waals surface area contributed by atoms with Gasteiger partial charge in [0.05, 0.1) is 10.6 Å². The number of halogens is 3. The molecule has 1 saturated carbocycles. The molecule has 2 amide bonds. The van der Waals surface area contributed by atoms with Crippen molar-refractivity contribution in [3.05, 3.63) is 128 Å². The normalized spacial score (nSPS) is 14.2. The van der Waals surface area contributed by atoms with Gasteiger partial charge in [0.2, 0.25) is 11.8 Å². The van der Waals surface area contributed by atoms with Crippen molar-refractivity contribution < 1.29 is 18.0 Å². The van der Waals surface area contributed by atoms with E-state index in [1.165, 1.54) is 29.2 Å². The fraction of sp³-hybridized carbons (Fsp3) is 0.316. The van der Waals surface area contributed by atoms with E-state index in [2.05, 4.69) is 5.32 Å². The molecule has 4 aromatic carbocycles. The van der Waals surface area contributed by atoms with E-state index in [0.717, 1.165) is 53.1 Å². The van der Waals surface area contributed by atoms with Crippen LogP contribution in [-0.2, 0) is 32.6 Å². The fourth-order valence-electron chi connectivity index (χ4n) is 6.07. The molecule has 0 saturated heterocycles. The summed E-state index contributed by atoms with van der Waals surface area (Å²) >= 11 is 18.9. The first-order chi connectivity index (χ1) is 23.4. The third-order valence-corrected chi connectivity index (χ3v) is 11.7.